The molecule has 0 fully saturated rings. The Morgan fingerprint density at radius 1 is 1.44 bits per heavy atom. The molecular weight excluding hydrogens is 298 g/mol. The predicted molar refractivity (Wildman–Crippen MR) is 71.8 cm³/mol. The molecule has 0 saturated carbocycles. The summed E-state index contributed by atoms with van der Waals surface area (Å²) in [5, 5.41) is 2.46. The van der Waals surface area contributed by atoms with Crippen LogP contribution in [0.2, 0.25) is 0 Å². The minimum absolute atomic E-state index is 0.0153. The molecule has 0 bridgehead atoms. The van der Waals surface area contributed by atoms with E-state index >= 15 is 0 Å². The van der Waals surface area contributed by atoms with Crippen molar-refractivity contribution in [1.29, 1.82) is 0 Å². The third-order valence-corrected chi connectivity index (χ3v) is 3.16. The number of nitrogens with one attached hydrogen (secondary N) is 1. The number of carbonyl (C=O) groups is 1. The van der Waals surface area contributed by atoms with E-state index in [4.69, 9.17) is 4.74 Å². The average Bonchev–Trinajstić information content (AvgIpc) is 2.34. The summed E-state index contributed by atoms with van der Waals surface area (Å²) in [6.45, 7) is 3.80. The van der Waals surface area contributed by atoms with Gasteiger partial charge in [0.2, 0.25) is 6.29 Å². The molecule has 1 N–H and O–H groups in total. The number of hydrogen-bond acceptors (Lipinski definition) is 3. The third-order valence-electron chi connectivity index (χ3n) is 2.38. The Kier molecular flexibility index (Phi) is 5.85. The van der Waals surface area contributed by atoms with Crippen molar-refractivity contribution >= 4 is 28.3 Å². The zero-order valence-electron chi connectivity index (χ0n) is 10.3. The molecule has 1 aromatic rings. The van der Waals surface area contributed by atoms with Gasteiger partial charge in [0, 0.05) is 10.0 Å². The lowest BCUT2D eigenvalue weighted by Crippen LogP contribution is -2.39. The van der Waals surface area contributed by atoms with Crippen LogP contribution in [-0.2, 0) is 16.1 Å². The maximum absolute atomic E-state index is 11.5. The highest BCUT2D eigenvalue weighted by molar-refractivity contribution is 9.10. The SMILES string of the molecule is CC(C)[C@@H]([C]=O)NC(=O)OCc1ccccc1Br. The van der Waals surface area contributed by atoms with Crippen molar-refractivity contribution in [2.24, 2.45) is 5.92 Å². The second-order valence-corrected chi connectivity index (χ2v) is 5.01. The molecule has 1 rings (SSSR count). The first-order valence-corrected chi connectivity index (χ1v) is 6.38. The Labute approximate surface area is 115 Å². The second kappa shape index (κ2) is 7.16. The smallest absolute Gasteiger partial charge is 0.408 e. The van der Waals surface area contributed by atoms with Gasteiger partial charge in [-0.25, -0.2) is 4.79 Å². The summed E-state index contributed by atoms with van der Waals surface area (Å²) in [6, 6.07) is 6.81. The number of alkyl carbamates (subject to hydrolysis) is 1. The molecule has 97 valence electrons. The quantitative estimate of drug-likeness (QED) is 0.909. The molecule has 0 aliphatic carbocycles. The van der Waals surface area contributed by atoms with Gasteiger partial charge in [-0.1, -0.05) is 48.0 Å². The normalized spacial score (nSPS) is 12.0. The molecule has 4 nitrogen and oxygen atoms in total. The number of ether oxygens (including phenoxy) is 1. The summed E-state index contributed by atoms with van der Waals surface area (Å²) in [7, 11) is 0. The van der Waals surface area contributed by atoms with Crippen LogP contribution in [0.3, 0.4) is 0 Å². The number of carbonyl (C=O) groups excluding carboxylic acids is 2. The largest absolute Gasteiger partial charge is 0.445 e. The molecule has 1 aromatic carbocycles. The van der Waals surface area contributed by atoms with E-state index < -0.39 is 12.1 Å². The van der Waals surface area contributed by atoms with Crippen LogP contribution in [0.15, 0.2) is 28.7 Å². The molecule has 1 amide bonds. The van der Waals surface area contributed by atoms with Crippen molar-refractivity contribution in [2.45, 2.75) is 26.5 Å². The molecule has 18 heavy (non-hydrogen) atoms. The van der Waals surface area contributed by atoms with Crippen molar-refractivity contribution < 1.29 is 14.3 Å². The lowest BCUT2D eigenvalue weighted by atomic mass is 10.1. The number of halogens is 1. The van der Waals surface area contributed by atoms with E-state index in [1.54, 1.807) is 6.29 Å². The molecule has 0 spiro atoms. The van der Waals surface area contributed by atoms with E-state index in [0.29, 0.717) is 0 Å². The molecule has 0 heterocycles. The minimum atomic E-state index is -0.642. The van der Waals surface area contributed by atoms with Crippen molar-refractivity contribution in [1.82, 2.24) is 5.32 Å². The second-order valence-electron chi connectivity index (χ2n) is 4.15. The first-order chi connectivity index (χ1) is 8.54. The summed E-state index contributed by atoms with van der Waals surface area (Å²) in [4.78, 5) is 22.1. The van der Waals surface area contributed by atoms with E-state index in [1.807, 2.05) is 38.1 Å². The van der Waals surface area contributed by atoms with Crippen molar-refractivity contribution in [3.8, 4) is 0 Å². The Hall–Kier alpha value is -1.36. The van der Waals surface area contributed by atoms with Gasteiger partial charge < -0.3 is 10.1 Å². The highest BCUT2D eigenvalue weighted by Gasteiger charge is 2.16. The van der Waals surface area contributed by atoms with E-state index in [9.17, 15) is 9.59 Å². The standard InChI is InChI=1S/C13H15BrNO3/c1-9(2)12(7-16)15-13(17)18-8-10-5-3-4-6-11(10)14/h3-6,9,12H,8H2,1-2H3,(H,15,17)/t12-/m1/s1. The zero-order valence-corrected chi connectivity index (χ0v) is 11.9. The maximum atomic E-state index is 11.5. The number of hydrogen-bond donors (Lipinski definition) is 1. The topological polar surface area (TPSA) is 55.4 Å². The summed E-state index contributed by atoms with van der Waals surface area (Å²) in [5.74, 6) is -0.0153. The van der Waals surface area contributed by atoms with Gasteiger partial charge in [-0.05, 0) is 12.0 Å². The molecule has 1 atom stereocenters. The van der Waals surface area contributed by atoms with Gasteiger partial charge in [-0.2, -0.15) is 0 Å². The lowest BCUT2D eigenvalue weighted by molar-refractivity contribution is 0.136. The van der Waals surface area contributed by atoms with Gasteiger partial charge in [0.1, 0.15) is 12.6 Å². The van der Waals surface area contributed by atoms with Gasteiger partial charge in [-0.3, -0.25) is 4.79 Å². The first kappa shape index (κ1) is 14.7. The molecule has 1 radical (unpaired) electrons. The summed E-state index contributed by atoms with van der Waals surface area (Å²) in [5.41, 5.74) is 0.865. The van der Waals surface area contributed by atoms with Crippen molar-refractivity contribution in [3.05, 3.63) is 34.3 Å². The highest BCUT2D eigenvalue weighted by atomic mass is 79.9. The minimum Gasteiger partial charge on any atom is -0.445 e. The predicted octanol–water partition coefficient (Wildman–Crippen LogP) is 2.81. The number of amides is 1. The van der Waals surface area contributed by atoms with Crippen LogP contribution in [-0.4, -0.2) is 18.4 Å². The Bertz CT molecular complexity index is 420. The molecule has 0 aliphatic heterocycles. The van der Waals surface area contributed by atoms with Crippen LogP contribution < -0.4 is 5.32 Å². The lowest BCUT2D eigenvalue weighted by Gasteiger charge is -2.15. The summed E-state index contributed by atoms with van der Waals surface area (Å²) in [6.07, 6.45) is 1.15. The Balaban J connectivity index is 2.47. The highest BCUT2D eigenvalue weighted by Crippen LogP contribution is 2.16. The fourth-order valence-electron chi connectivity index (χ4n) is 1.26. The molecular formula is C13H15BrNO3. The number of rotatable bonds is 5. The fourth-order valence-corrected chi connectivity index (χ4v) is 1.66. The number of benzene rings is 1. The summed E-state index contributed by atoms with van der Waals surface area (Å²) < 4.78 is 5.91. The Morgan fingerprint density at radius 2 is 2.11 bits per heavy atom. The molecule has 0 aliphatic rings. The Morgan fingerprint density at radius 3 is 2.67 bits per heavy atom. The summed E-state index contributed by atoms with van der Waals surface area (Å²) >= 11 is 3.36. The van der Waals surface area contributed by atoms with E-state index in [0.717, 1.165) is 10.0 Å². The molecule has 0 aromatic heterocycles. The fraction of sp³-hybridized carbons (Fsp3) is 0.385. The molecule has 5 heteroatoms. The van der Waals surface area contributed by atoms with Crippen LogP contribution in [0.4, 0.5) is 4.79 Å². The van der Waals surface area contributed by atoms with Gasteiger partial charge in [-0.15, -0.1) is 0 Å². The zero-order chi connectivity index (χ0) is 13.5. The van der Waals surface area contributed by atoms with Crippen LogP contribution >= 0.6 is 15.9 Å². The van der Waals surface area contributed by atoms with E-state index in [2.05, 4.69) is 21.2 Å². The van der Waals surface area contributed by atoms with Gasteiger partial charge in [0.15, 0.2) is 0 Å². The van der Waals surface area contributed by atoms with Gasteiger partial charge in [0.05, 0.1) is 0 Å². The van der Waals surface area contributed by atoms with Gasteiger partial charge >= 0.3 is 6.09 Å². The molecule has 0 saturated heterocycles. The van der Waals surface area contributed by atoms with Gasteiger partial charge in [0.25, 0.3) is 0 Å². The van der Waals surface area contributed by atoms with E-state index in [1.165, 1.54) is 0 Å². The van der Waals surface area contributed by atoms with Crippen LogP contribution in [0.1, 0.15) is 19.4 Å². The first-order valence-electron chi connectivity index (χ1n) is 5.59. The van der Waals surface area contributed by atoms with Crippen molar-refractivity contribution in [3.63, 3.8) is 0 Å². The third kappa shape index (κ3) is 4.49. The monoisotopic (exact) mass is 312 g/mol. The molecule has 0 unspecified atom stereocenters. The van der Waals surface area contributed by atoms with Crippen molar-refractivity contribution in [2.75, 3.05) is 0 Å². The average molecular weight is 313 g/mol. The van der Waals surface area contributed by atoms with Crippen LogP contribution in [0.5, 0.6) is 0 Å². The van der Waals surface area contributed by atoms with Crippen LogP contribution in [0.25, 0.3) is 0 Å². The van der Waals surface area contributed by atoms with Crippen LogP contribution in [0, 0.1) is 5.92 Å². The maximum Gasteiger partial charge on any atom is 0.408 e. The van der Waals surface area contributed by atoms with E-state index in [-0.39, 0.29) is 12.5 Å².